The first kappa shape index (κ1) is 16.5. The molecule has 0 radical (unpaired) electrons. The van der Waals surface area contributed by atoms with Crippen molar-refractivity contribution in [3.8, 4) is 6.07 Å². The highest BCUT2D eigenvalue weighted by Gasteiger charge is 2.18. The topological polar surface area (TPSA) is 93.4 Å². The summed E-state index contributed by atoms with van der Waals surface area (Å²) in [5.74, 6) is -1.09. The molecule has 2 amide bonds. The van der Waals surface area contributed by atoms with Crippen LogP contribution in [0.1, 0.15) is 34.8 Å². The van der Waals surface area contributed by atoms with Crippen molar-refractivity contribution in [1.29, 1.82) is 5.26 Å². The van der Waals surface area contributed by atoms with E-state index < -0.39 is 12.0 Å². The minimum Gasteiger partial charge on any atom is -0.478 e. The molecular formula is C15H19N3O3. The lowest BCUT2D eigenvalue weighted by atomic mass is 10.0. The number of hydrogen-bond acceptors (Lipinski definition) is 3. The molecule has 0 unspecified atom stereocenters. The van der Waals surface area contributed by atoms with E-state index in [2.05, 4.69) is 5.32 Å². The fraction of sp³-hybridized carbons (Fsp3) is 0.400. The SMILES string of the molecule is CCN(CCC#N)C(=O)Nc1c(C)cc(C)cc1C(=O)O. The van der Waals surface area contributed by atoms with Gasteiger partial charge in [0.05, 0.1) is 23.7 Å². The average Bonchev–Trinajstić information content (AvgIpc) is 2.42. The Morgan fingerprint density at radius 3 is 2.57 bits per heavy atom. The summed E-state index contributed by atoms with van der Waals surface area (Å²) in [5.41, 5.74) is 1.88. The van der Waals surface area contributed by atoms with Gasteiger partial charge in [-0.1, -0.05) is 6.07 Å². The molecule has 1 aromatic carbocycles. The fourth-order valence-corrected chi connectivity index (χ4v) is 2.08. The van der Waals surface area contributed by atoms with Gasteiger partial charge in [-0.15, -0.1) is 0 Å². The lowest BCUT2D eigenvalue weighted by Gasteiger charge is -2.21. The van der Waals surface area contributed by atoms with Crippen molar-refractivity contribution < 1.29 is 14.7 Å². The molecule has 0 spiro atoms. The highest BCUT2D eigenvalue weighted by Crippen LogP contribution is 2.23. The van der Waals surface area contributed by atoms with Crippen molar-refractivity contribution in [2.45, 2.75) is 27.2 Å². The van der Waals surface area contributed by atoms with E-state index in [1.54, 1.807) is 20.8 Å². The van der Waals surface area contributed by atoms with Crippen molar-refractivity contribution in [3.05, 3.63) is 28.8 Å². The van der Waals surface area contributed by atoms with E-state index >= 15 is 0 Å². The lowest BCUT2D eigenvalue weighted by molar-refractivity contribution is 0.0698. The zero-order chi connectivity index (χ0) is 16.0. The summed E-state index contributed by atoms with van der Waals surface area (Å²) in [4.78, 5) is 25.0. The molecule has 0 aliphatic carbocycles. The maximum Gasteiger partial charge on any atom is 0.337 e. The first-order chi connectivity index (χ1) is 9.90. The van der Waals surface area contributed by atoms with Crippen molar-refractivity contribution in [2.75, 3.05) is 18.4 Å². The number of carbonyl (C=O) groups is 2. The minimum atomic E-state index is -1.09. The van der Waals surface area contributed by atoms with Gasteiger partial charge in [0, 0.05) is 13.1 Å². The quantitative estimate of drug-likeness (QED) is 0.871. The van der Waals surface area contributed by atoms with Crippen molar-refractivity contribution in [3.63, 3.8) is 0 Å². The number of carbonyl (C=O) groups excluding carboxylic acids is 1. The zero-order valence-corrected chi connectivity index (χ0v) is 12.4. The van der Waals surface area contributed by atoms with Gasteiger partial charge in [-0.3, -0.25) is 0 Å². The van der Waals surface area contributed by atoms with Crippen molar-refractivity contribution in [2.24, 2.45) is 0 Å². The third-order valence-corrected chi connectivity index (χ3v) is 3.10. The zero-order valence-electron chi connectivity index (χ0n) is 12.4. The second-order valence-electron chi connectivity index (χ2n) is 4.73. The average molecular weight is 289 g/mol. The molecule has 6 nitrogen and oxygen atoms in total. The van der Waals surface area contributed by atoms with Gasteiger partial charge in [0.15, 0.2) is 0 Å². The Balaban J connectivity index is 3.04. The largest absolute Gasteiger partial charge is 0.478 e. The molecule has 0 bridgehead atoms. The standard InChI is InChI=1S/C15H19N3O3/c1-4-18(7-5-6-16)15(21)17-13-11(3)8-10(2)9-12(13)14(19)20/h8-9H,4-5,7H2,1-3H3,(H,17,21)(H,19,20). The van der Waals surface area contributed by atoms with Gasteiger partial charge in [-0.2, -0.15) is 5.26 Å². The van der Waals surface area contributed by atoms with Crippen LogP contribution >= 0.6 is 0 Å². The monoisotopic (exact) mass is 289 g/mol. The molecule has 0 aromatic heterocycles. The Labute approximate surface area is 124 Å². The van der Waals surface area contributed by atoms with Crippen LogP contribution in [0.2, 0.25) is 0 Å². The summed E-state index contributed by atoms with van der Waals surface area (Å²) in [6.45, 7) is 6.11. The molecule has 0 aliphatic heterocycles. The number of aromatic carboxylic acids is 1. The van der Waals surface area contributed by atoms with Crippen LogP contribution < -0.4 is 5.32 Å². The Bertz CT molecular complexity index is 591. The molecule has 0 aliphatic rings. The third kappa shape index (κ3) is 4.21. The van der Waals surface area contributed by atoms with Crippen LogP contribution in [-0.2, 0) is 0 Å². The number of nitrogens with zero attached hydrogens (tertiary/aromatic N) is 2. The molecule has 2 N–H and O–H groups in total. The molecule has 1 aromatic rings. The highest BCUT2D eigenvalue weighted by molar-refractivity contribution is 6.01. The first-order valence-electron chi connectivity index (χ1n) is 6.68. The van der Waals surface area contributed by atoms with Gasteiger partial charge in [-0.05, 0) is 38.0 Å². The number of rotatable bonds is 5. The predicted octanol–water partition coefficient (Wildman–Crippen LogP) is 2.77. The van der Waals surface area contributed by atoms with Gasteiger partial charge < -0.3 is 15.3 Å². The van der Waals surface area contributed by atoms with Crippen molar-refractivity contribution in [1.82, 2.24) is 4.90 Å². The number of benzene rings is 1. The van der Waals surface area contributed by atoms with E-state index in [4.69, 9.17) is 5.26 Å². The Morgan fingerprint density at radius 1 is 1.38 bits per heavy atom. The van der Waals surface area contributed by atoms with Gasteiger partial charge in [0.1, 0.15) is 0 Å². The number of anilines is 1. The van der Waals surface area contributed by atoms with Crippen molar-refractivity contribution >= 4 is 17.7 Å². The third-order valence-electron chi connectivity index (χ3n) is 3.10. The molecule has 0 heterocycles. The molecule has 0 fully saturated rings. The molecule has 21 heavy (non-hydrogen) atoms. The highest BCUT2D eigenvalue weighted by atomic mass is 16.4. The predicted molar refractivity (Wildman–Crippen MR) is 79.4 cm³/mol. The number of nitrogens with one attached hydrogen (secondary N) is 1. The number of amides is 2. The fourth-order valence-electron chi connectivity index (χ4n) is 2.08. The maximum atomic E-state index is 12.2. The van der Waals surface area contributed by atoms with Gasteiger partial charge in [0.25, 0.3) is 0 Å². The Hall–Kier alpha value is -2.55. The van der Waals surface area contributed by atoms with Crippen LogP contribution in [0.25, 0.3) is 0 Å². The van der Waals surface area contributed by atoms with Crippen LogP contribution in [0.15, 0.2) is 12.1 Å². The summed E-state index contributed by atoms with van der Waals surface area (Å²) in [6, 6.07) is 4.92. The van der Waals surface area contributed by atoms with E-state index in [1.165, 1.54) is 11.0 Å². The van der Waals surface area contributed by atoms with E-state index in [0.717, 1.165) is 5.56 Å². The second-order valence-corrected chi connectivity index (χ2v) is 4.73. The summed E-state index contributed by atoms with van der Waals surface area (Å²) in [5, 5.41) is 20.5. The maximum absolute atomic E-state index is 12.2. The minimum absolute atomic E-state index is 0.0668. The number of carboxylic acids is 1. The van der Waals surface area contributed by atoms with Gasteiger partial charge in [-0.25, -0.2) is 9.59 Å². The Morgan fingerprint density at radius 2 is 2.05 bits per heavy atom. The molecular weight excluding hydrogens is 270 g/mol. The van der Waals surface area contributed by atoms with E-state index in [1.807, 2.05) is 12.1 Å². The van der Waals surface area contributed by atoms with E-state index in [-0.39, 0.29) is 12.0 Å². The number of hydrogen-bond donors (Lipinski definition) is 2. The molecule has 0 atom stereocenters. The normalized spacial score (nSPS) is 9.81. The number of aryl methyl sites for hydroxylation is 2. The van der Waals surface area contributed by atoms with Crippen LogP contribution in [0.3, 0.4) is 0 Å². The summed E-state index contributed by atoms with van der Waals surface area (Å²) < 4.78 is 0. The molecule has 112 valence electrons. The van der Waals surface area contributed by atoms with Crippen LogP contribution in [0.4, 0.5) is 10.5 Å². The molecule has 6 heteroatoms. The van der Waals surface area contributed by atoms with E-state index in [0.29, 0.717) is 24.3 Å². The Kier molecular flexibility index (Phi) is 5.73. The molecule has 0 saturated carbocycles. The number of urea groups is 1. The summed E-state index contributed by atoms with van der Waals surface area (Å²) >= 11 is 0. The van der Waals surface area contributed by atoms with Crippen LogP contribution in [0, 0.1) is 25.2 Å². The second kappa shape index (κ2) is 7.29. The molecule has 0 saturated heterocycles. The van der Waals surface area contributed by atoms with E-state index in [9.17, 15) is 14.7 Å². The summed E-state index contributed by atoms with van der Waals surface area (Å²) in [6.07, 6.45) is 0.236. The molecule has 1 rings (SSSR count). The first-order valence-corrected chi connectivity index (χ1v) is 6.68. The van der Waals surface area contributed by atoms with Crippen LogP contribution in [0.5, 0.6) is 0 Å². The van der Waals surface area contributed by atoms with Crippen LogP contribution in [-0.4, -0.2) is 35.1 Å². The number of nitriles is 1. The van der Waals surface area contributed by atoms with Gasteiger partial charge in [0.2, 0.25) is 0 Å². The summed E-state index contributed by atoms with van der Waals surface area (Å²) in [7, 11) is 0. The number of carboxylic acid groups (broad SMARTS) is 1. The smallest absolute Gasteiger partial charge is 0.337 e. The lowest BCUT2D eigenvalue weighted by Crippen LogP contribution is -2.36. The van der Waals surface area contributed by atoms with Gasteiger partial charge >= 0.3 is 12.0 Å².